The van der Waals surface area contributed by atoms with Gasteiger partial charge in [0.1, 0.15) is 5.82 Å². The second kappa shape index (κ2) is 6.15. The van der Waals surface area contributed by atoms with Gasteiger partial charge in [0.05, 0.1) is 21.7 Å². The molecule has 1 aromatic heterocycles. The molecule has 1 saturated carbocycles. The number of halogens is 1. The molecule has 0 aliphatic heterocycles. The number of nitrogens with zero attached hydrogens (tertiary/aromatic N) is 1. The Balaban J connectivity index is 1.54. The highest BCUT2D eigenvalue weighted by Gasteiger charge is 2.28. The summed E-state index contributed by atoms with van der Waals surface area (Å²) in [5.41, 5.74) is 3.83. The zero-order valence-electron chi connectivity index (χ0n) is 13.9. The highest BCUT2D eigenvalue weighted by Crippen LogP contribution is 2.32. The van der Waals surface area contributed by atoms with Crippen molar-refractivity contribution >= 4 is 32.5 Å². The molecular formula is C19H19ClN2O2S. The molecular weight excluding hydrogens is 356 g/mol. The molecule has 1 fully saturated rings. The molecule has 6 heteroatoms. The molecule has 0 amide bonds. The molecule has 0 bridgehead atoms. The van der Waals surface area contributed by atoms with E-state index in [-0.39, 0.29) is 5.75 Å². The highest BCUT2D eigenvalue weighted by atomic mass is 35.5. The standard InChI is InChI=1S/C19H19ClN2O2S/c1-12-8-17-18(10-16(12)20)22-19(21-17)9-13-4-6-15(7-5-13)25(23,24)11-14-2-3-14/h4-8,10,14H,2-3,9,11H2,1H3,(H,21,22). The lowest BCUT2D eigenvalue weighted by atomic mass is 10.1. The number of aromatic nitrogens is 2. The maximum atomic E-state index is 12.3. The Morgan fingerprint density at radius 1 is 1.20 bits per heavy atom. The largest absolute Gasteiger partial charge is 0.342 e. The van der Waals surface area contributed by atoms with E-state index in [2.05, 4.69) is 9.97 Å². The fraction of sp³-hybridized carbons (Fsp3) is 0.316. The molecule has 0 saturated heterocycles. The van der Waals surface area contributed by atoms with Crippen molar-refractivity contribution in [3.05, 3.63) is 58.4 Å². The van der Waals surface area contributed by atoms with Crippen LogP contribution in [0.2, 0.25) is 5.02 Å². The van der Waals surface area contributed by atoms with Crippen LogP contribution in [0.15, 0.2) is 41.3 Å². The van der Waals surface area contributed by atoms with Gasteiger partial charge in [0.2, 0.25) is 0 Å². The smallest absolute Gasteiger partial charge is 0.178 e. The van der Waals surface area contributed by atoms with E-state index in [0.29, 0.717) is 22.3 Å². The van der Waals surface area contributed by atoms with Gasteiger partial charge in [-0.1, -0.05) is 23.7 Å². The number of hydrogen-bond donors (Lipinski definition) is 1. The van der Waals surface area contributed by atoms with Crippen molar-refractivity contribution < 1.29 is 8.42 Å². The summed E-state index contributed by atoms with van der Waals surface area (Å²) in [6, 6.07) is 11.0. The second-order valence-electron chi connectivity index (χ2n) is 6.85. The molecule has 4 nitrogen and oxygen atoms in total. The first-order chi connectivity index (χ1) is 11.9. The number of benzene rings is 2. The van der Waals surface area contributed by atoms with Gasteiger partial charge in [-0.05, 0) is 61.1 Å². The Kier molecular flexibility index (Phi) is 4.08. The van der Waals surface area contributed by atoms with E-state index in [9.17, 15) is 8.42 Å². The van der Waals surface area contributed by atoms with E-state index < -0.39 is 9.84 Å². The van der Waals surface area contributed by atoms with Gasteiger partial charge >= 0.3 is 0 Å². The Morgan fingerprint density at radius 3 is 2.60 bits per heavy atom. The van der Waals surface area contributed by atoms with E-state index >= 15 is 0 Å². The predicted octanol–water partition coefficient (Wildman–Crippen LogP) is 4.30. The monoisotopic (exact) mass is 374 g/mol. The van der Waals surface area contributed by atoms with Crippen LogP contribution in [0.4, 0.5) is 0 Å². The minimum Gasteiger partial charge on any atom is -0.342 e. The first-order valence-electron chi connectivity index (χ1n) is 8.37. The summed E-state index contributed by atoms with van der Waals surface area (Å²) < 4.78 is 24.6. The number of rotatable bonds is 5. The summed E-state index contributed by atoms with van der Waals surface area (Å²) in [6.45, 7) is 1.96. The summed E-state index contributed by atoms with van der Waals surface area (Å²) in [4.78, 5) is 8.29. The van der Waals surface area contributed by atoms with Crippen molar-refractivity contribution in [2.45, 2.75) is 31.1 Å². The predicted molar refractivity (Wildman–Crippen MR) is 99.9 cm³/mol. The van der Waals surface area contributed by atoms with Crippen LogP contribution < -0.4 is 0 Å². The summed E-state index contributed by atoms with van der Waals surface area (Å²) in [5, 5.41) is 0.704. The number of sulfone groups is 1. The molecule has 25 heavy (non-hydrogen) atoms. The quantitative estimate of drug-likeness (QED) is 0.724. The number of nitrogens with one attached hydrogen (secondary N) is 1. The third-order valence-electron chi connectivity index (χ3n) is 4.62. The number of hydrogen-bond acceptors (Lipinski definition) is 3. The molecule has 130 valence electrons. The fourth-order valence-corrected chi connectivity index (χ4v) is 4.83. The number of aryl methyl sites for hydroxylation is 1. The Morgan fingerprint density at radius 2 is 1.92 bits per heavy atom. The lowest BCUT2D eigenvalue weighted by Gasteiger charge is -2.05. The minimum absolute atomic E-state index is 0.274. The van der Waals surface area contributed by atoms with E-state index in [1.807, 2.05) is 31.2 Å². The first-order valence-corrected chi connectivity index (χ1v) is 10.4. The Hall–Kier alpha value is -1.85. The third kappa shape index (κ3) is 3.58. The van der Waals surface area contributed by atoms with Crippen molar-refractivity contribution in [1.29, 1.82) is 0 Å². The van der Waals surface area contributed by atoms with Gasteiger partial charge in [0.25, 0.3) is 0 Å². The Labute approximate surface area is 152 Å². The maximum Gasteiger partial charge on any atom is 0.178 e. The highest BCUT2D eigenvalue weighted by molar-refractivity contribution is 7.91. The summed E-state index contributed by atoms with van der Waals surface area (Å²) >= 11 is 6.15. The van der Waals surface area contributed by atoms with Gasteiger partial charge in [-0.15, -0.1) is 0 Å². The zero-order valence-corrected chi connectivity index (χ0v) is 15.5. The topological polar surface area (TPSA) is 62.8 Å². The third-order valence-corrected chi connectivity index (χ3v) is 6.93. The van der Waals surface area contributed by atoms with Crippen LogP contribution in [0.5, 0.6) is 0 Å². The van der Waals surface area contributed by atoms with Crippen LogP contribution in [-0.4, -0.2) is 24.1 Å². The van der Waals surface area contributed by atoms with Gasteiger partial charge in [0, 0.05) is 11.4 Å². The molecule has 2 aromatic carbocycles. The lowest BCUT2D eigenvalue weighted by molar-refractivity contribution is 0.592. The molecule has 1 N–H and O–H groups in total. The van der Waals surface area contributed by atoms with Crippen LogP contribution in [-0.2, 0) is 16.3 Å². The molecule has 1 heterocycles. The molecule has 4 rings (SSSR count). The molecule has 0 atom stereocenters. The summed E-state index contributed by atoms with van der Waals surface area (Å²) in [5.74, 6) is 1.47. The van der Waals surface area contributed by atoms with Gasteiger partial charge in [-0.3, -0.25) is 0 Å². The lowest BCUT2D eigenvalue weighted by Crippen LogP contribution is -2.08. The molecule has 3 aromatic rings. The van der Waals surface area contributed by atoms with Crippen molar-refractivity contribution in [2.75, 3.05) is 5.75 Å². The summed E-state index contributed by atoms with van der Waals surface area (Å²) in [7, 11) is -3.15. The normalized spacial score (nSPS) is 15.0. The molecule has 1 aliphatic rings. The zero-order chi connectivity index (χ0) is 17.6. The molecule has 0 radical (unpaired) electrons. The van der Waals surface area contributed by atoms with E-state index in [1.165, 1.54) is 0 Å². The van der Waals surface area contributed by atoms with Gasteiger partial charge in [0.15, 0.2) is 9.84 Å². The average molecular weight is 375 g/mol. The van der Waals surface area contributed by atoms with Crippen LogP contribution in [0.25, 0.3) is 11.0 Å². The van der Waals surface area contributed by atoms with E-state index in [0.717, 1.165) is 40.8 Å². The fourth-order valence-electron chi connectivity index (χ4n) is 2.98. The molecule has 1 aliphatic carbocycles. The number of fused-ring (bicyclic) bond motifs is 1. The average Bonchev–Trinajstić information content (AvgIpc) is 3.28. The minimum atomic E-state index is -3.15. The second-order valence-corrected chi connectivity index (χ2v) is 9.29. The Bertz CT molecular complexity index is 996. The van der Waals surface area contributed by atoms with Crippen LogP contribution in [0.3, 0.4) is 0 Å². The van der Waals surface area contributed by atoms with Crippen molar-refractivity contribution in [3.8, 4) is 0 Å². The van der Waals surface area contributed by atoms with Crippen molar-refractivity contribution in [1.82, 2.24) is 9.97 Å². The molecule has 0 unspecified atom stereocenters. The molecule has 0 spiro atoms. The van der Waals surface area contributed by atoms with Crippen molar-refractivity contribution in [3.63, 3.8) is 0 Å². The first kappa shape index (κ1) is 16.6. The van der Waals surface area contributed by atoms with Gasteiger partial charge < -0.3 is 4.98 Å². The number of H-pyrrole nitrogens is 1. The SMILES string of the molecule is Cc1cc2[nH]c(Cc3ccc(S(=O)(=O)CC4CC4)cc3)nc2cc1Cl. The maximum absolute atomic E-state index is 12.3. The number of imidazole rings is 1. The van der Waals surface area contributed by atoms with Crippen molar-refractivity contribution in [2.24, 2.45) is 5.92 Å². The van der Waals surface area contributed by atoms with Crippen LogP contribution in [0, 0.1) is 12.8 Å². The van der Waals surface area contributed by atoms with Gasteiger partial charge in [-0.2, -0.15) is 0 Å². The number of aromatic amines is 1. The van der Waals surface area contributed by atoms with E-state index in [1.54, 1.807) is 12.1 Å². The van der Waals surface area contributed by atoms with E-state index in [4.69, 9.17) is 11.6 Å². The van der Waals surface area contributed by atoms with Gasteiger partial charge in [-0.25, -0.2) is 13.4 Å². The summed E-state index contributed by atoms with van der Waals surface area (Å²) in [6.07, 6.45) is 2.69. The van der Waals surface area contributed by atoms with Crippen LogP contribution >= 0.6 is 11.6 Å². The van der Waals surface area contributed by atoms with Crippen LogP contribution in [0.1, 0.15) is 29.8 Å².